The van der Waals surface area contributed by atoms with E-state index in [1.807, 2.05) is 11.3 Å². The van der Waals surface area contributed by atoms with Crippen LogP contribution < -0.4 is 9.80 Å². The van der Waals surface area contributed by atoms with Gasteiger partial charge in [0.25, 0.3) is 0 Å². The van der Waals surface area contributed by atoms with Crippen molar-refractivity contribution in [1.29, 1.82) is 0 Å². The molecule has 0 saturated carbocycles. The highest BCUT2D eigenvalue weighted by atomic mass is 32.3. The molecule has 0 saturated heterocycles. The van der Waals surface area contributed by atoms with Gasteiger partial charge in [-0.3, -0.25) is 0 Å². The molecule has 0 spiro atoms. The van der Waals surface area contributed by atoms with E-state index in [9.17, 15) is 0 Å². The third kappa shape index (κ3) is 5.30. The Morgan fingerprint density at radius 3 is 2.21 bits per heavy atom. The van der Waals surface area contributed by atoms with Gasteiger partial charge in [0.2, 0.25) is 0 Å². The zero-order chi connectivity index (χ0) is 38.5. The molecule has 0 atom stereocenters. The van der Waals surface area contributed by atoms with Gasteiger partial charge in [-0.15, -0.1) is 11.3 Å². The smallest absolute Gasteiger partial charge is 0.0587 e. The van der Waals surface area contributed by atoms with Crippen molar-refractivity contribution in [2.24, 2.45) is 0 Å². The van der Waals surface area contributed by atoms with Crippen molar-refractivity contribution < 1.29 is 0 Å². The average Bonchev–Trinajstić information content (AvgIpc) is 3.74. The molecule has 0 bridgehead atoms. The van der Waals surface area contributed by atoms with E-state index in [-0.39, 0.29) is 5.41 Å². The highest BCUT2D eigenvalue weighted by molar-refractivity contribution is 8.33. The highest BCUT2D eigenvalue weighted by Crippen LogP contribution is 2.68. The lowest BCUT2D eigenvalue weighted by atomic mass is 9.78. The zero-order valence-corrected chi connectivity index (χ0v) is 34.7. The van der Waals surface area contributed by atoms with Gasteiger partial charge in [0.15, 0.2) is 0 Å². The summed E-state index contributed by atoms with van der Waals surface area (Å²) >= 11 is 1.98. The molecule has 4 heteroatoms. The highest BCUT2D eigenvalue weighted by Gasteiger charge is 2.38. The Morgan fingerprint density at radius 2 is 1.35 bits per heavy atom. The van der Waals surface area contributed by atoms with E-state index in [0.717, 1.165) is 31.4 Å². The van der Waals surface area contributed by atoms with Gasteiger partial charge in [-0.2, -0.15) is 10.0 Å². The van der Waals surface area contributed by atoms with Crippen molar-refractivity contribution in [2.45, 2.75) is 54.7 Å². The van der Waals surface area contributed by atoms with Crippen LogP contribution in [0.3, 0.4) is 0 Å². The lowest BCUT2D eigenvalue weighted by molar-refractivity contribution is 0.607. The summed E-state index contributed by atoms with van der Waals surface area (Å²) in [7, 11) is -1.36. The van der Waals surface area contributed by atoms with Crippen molar-refractivity contribution >= 4 is 77.2 Å². The number of rotatable bonds is 5. The summed E-state index contributed by atoms with van der Waals surface area (Å²) in [5, 5.41) is 1.38. The average molecular weight is 775 g/mol. The van der Waals surface area contributed by atoms with Crippen molar-refractivity contribution in [2.75, 3.05) is 22.3 Å². The largest absolute Gasteiger partial charge is 0.310 e. The van der Waals surface area contributed by atoms with Gasteiger partial charge < -0.3 is 9.80 Å². The third-order valence-electron chi connectivity index (χ3n) is 12.9. The predicted octanol–water partition coefficient (Wildman–Crippen LogP) is 15.7. The number of fused-ring (bicyclic) bond motifs is 7. The van der Waals surface area contributed by atoms with Crippen molar-refractivity contribution in [3.63, 3.8) is 0 Å². The number of nitrogens with zero attached hydrogens (tertiary/aromatic N) is 2. The van der Waals surface area contributed by atoms with Gasteiger partial charge in [0, 0.05) is 52.9 Å². The first kappa shape index (κ1) is 34.7. The van der Waals surface area contributed by atoms with Gasteiger partial charge in [-0.1, -0.05) is 110 Å². The molecule has 0 N–H and O–H groups in total. The van der Waals surface area contributed by atoms with Crippen LogP contribution in [0.2, 0.25) is 0 Å². The van der Waals surface area contributed by atoms with Crippen LogP contribution in [-0.4, -0.2) is 12.5 Å². The second-order valence-corrected chi connectivity index (χ2v) is 21.4. The molecule has 1 aromatic heterocycles. The van der Waals surface area contributed by atoms with E-state index in [0.29, 0.717) is 0 Å². The van der Waals surface area contributed by atoms with Crippen LogP contribution in [0, 0.1) is 0 Å². The topological polar surface area (TPSA) is 6.48 Å². The maximum absolute atomic E-state index is 2.51. The van der Waals surface area contributed by atoms with E-state index in [1.165, 1.54) is 86.6 Å². The maximum Gasteiger partial charge on any atom is 0.0587 e. The third-order valence-corrected chi connectivity index (χ3v) is 17.1. The second kappa shape index (κ2) is 13.0. The van der Waals surface area contributed by atoms with Crippen LogP contribution in [-0.2, 0) is 11.8 Å². The molecular weight excluding hydrogens is 729 g/mol. The molecule has 3 aliphatic carbocycles. The Bertz CT molecular complexity index is 2850. The second-order valence-electron chi connectivity index (χ2n) is 16.8. The quantitative estimate of drug-likeness (QED) is 0.172. The molecule has 4 aliphatic rings. The number of benzene rings is 6. The van der Waals surface area contributed by atoms with Crippen molar-refractivity contribution in [3.8, 4) is 11.1 Å². The van der Waals surface area contributed by atoms with Crippen LogP contribution in [0.15, 0.2) is 167 Å². The van der Waals surface area contributed by atoms with Gasteiger partial charge in [-0.25, -0.2) is 0 Å². The Labute approximate surface area is 342 Å². The monoisotopic (exact) mass is 774 g/mol. The first-order valence-electron chi connectivity index (χ1n) is 20.3. The summed E-state index contributed by atoms with van der Waals surface area (Å²) in [6.45, 7) is 4.85. The summed E-state index contributed by atoms with van der Waals surface area (Å²) in [5.74, 6) is 0. The fraction of sp³-hybridized carbons (Fsp3) is 0.170. The molecule has 6 aromatic carbocycles. The zero-order valence-electron chi connectivity index (χ0n) is 33.1. The van der Waals surface area contributed by atoms with Crippen LogP contribution in [0.5, 0.6) is 0 Å². The standard InChI is InChI=1S/C53H46N2S2/c1-53(2)45-21-10-8-17-41(45)42-31-29-38(33-46(42)53)54(37-27-25-35(26-28-37)40-19-14-20-44-43-18-9-12-23-49(43)56-52(40)44)39-30-32-48-51(34-39)57(3,4)50-24-13-11-22-47(50)55(48)36-15-6-5-7-16-36/h5-9,11,13-20,22,24-34H,10,12,21,23H2,1-4H3. The number of aryl methyl sites for hydroxylation is 1. The predicted molar refractivity (Wildman–Crippen MR) is 248 cm³/mol. The Hall–Kier alpha value is -5.55. The minimum absolute atomic E-state index is 0.0173. The molecule has 280 valence electrons. The van der Waals surface area contributed by atoms with Crippen LogP contribution >= 0.6 is 21.4 Å². The summed E-state index contributed by atoms with van der Waals surface area (Å²) in [4.78, 5) is 9.30. The minimum Gasteiger partial charge on any atom is -0.310 e. The lowest BCUT2D eigenvalue weighted by Crippen LogP contribution is -2.21. The molecule has 7 aromatic rings. The summed E-state index contributed by atoms with van der Waals surface area (Å²) < 4.78 is 1.40. The van der Waals surface area contributed by atoms with Crippen molar-refractivity contribution in [1.82, 2.24) is 0 Å². The summed E-state index contributed by atoms with van der Waals surface area (Å²) in [5.41, 5.74) is 17.1. The molecule has 0 radical (unpaired) electrons. The van der Waals surface area contributed by atoms with Gasteiger partial charge in [0.1, 0.15) is 0 Å². The van der Waals surface area contributed by atoms with Crippen LogP contribution in [0.25, 0.3) is 32.9 Å². The normalized spacial score (nSPS) is 17.4. The Kier molecular flexibility index (Phi) is 7.90. The van der Waals surface area contributed by atoms with E-state index in [4.69, 9.17) is 0 Å². The number of allylic oxidation sites excluding steroid dienone is 5. The van der Waals surface area contributed by atoms with E-state index >= 15 is 0 Å². The van der Waals surface area contributed by atoms with E-state index in [2.05, 4.69) is 194 Å². The number of hydrogen-bond donors (Lipinski definition) is 0. The molecule has 11 rings (SSSR count). The number of thiophene rings is 1. The number of para-hydroxylation sites is 2. The molecule has 1 aliphatic heterocycles. The Morgan fingerprint density at radius 1 is 0.632 bits per heavy atom. The van der Waals surface area contributed by atoms with Gasteiger partial charge in [0.05, 0.1) is 11.4 Å². The van der Waals surface area contributed by atoms with Gasteiger partial charge >= 0.3 is 0 Å². The minimum atomic E-state index is -1.36. The fourth-order valence-corrected chi connectivity index (χ4v) is 13.8. The number of anilines is 6. The summed E-state index contributed by atoms with van der Waals surface area (Å²) in [6.07, 6.45) is 18.8. The first-order chi connectivity index (χ1) is 27.8. The van der Waals surface area contributed by atoms with Gasteiger partial charge in [-0.05, 0) is 138 Å². The van der Waals surface area contributed by atoms with E-state index < -0.39 is 10.0 Å². The maximum atomic E-state index is 2.51. The summed E-state index contributed by atoms with van der Waals surface area (Å²) in [6, 6.07) is 50.5. The van der Waals surface area contributed by atoms with Crippen LogP contribution in [0.1, 0.15) is 54.7 Å². The van der Waals surface area contributed by atoms with E-state index in [1.54, 1.807) is 5.57 Å². The fourth-order valence-electron chi connectivity index (χ4n) is 10.00. The Balaban J connectivity index is 1.08. The lowest BCUT2D eigenvalue weighted by Gasteiger charge is -2.45. The first-order valence-corrected chi connectivity index (χ1v) is 23.5. The SMILES string of the molecule is CC1(C)C2=C(C=CCC2)c2ccc(N(c3ccc(-c4cccc5c6c(sc45)CCC=C6)cc3)c3ccc4c(c3)S(C)(C)c3ccccc3N4c3ccccc3)cc21. The molecule has 0 unspecified atom stereocenters. The molecule has 0 amide bonds. The molecule has 2 heterocycles. The molecular formula is C53H46N2S2. The number of hydrogen-bond acceptors (Lipinski definition) is 3. The molecule has 0 fully saturated rings. The molecule has 57 heavy (non-hydrogen) atoms. The van der Waals surface area contributed by atoms with Crippen LogP contribution in [0.4, 0.5) is 34.1 Å². The molecule has 2 nitrogen and oxygen atoms in total. The van der Waals surface area contributed by atoms with Crippen molar-refractivity contribution in [3.05, 3.63) is 179 Å².